The molecule has 0 spiro atoms. The second-order valence-corrected chi connectivity index (χ2v) is 6.91. The van der Waals surface area contributed by atoms with Crippen LogP contribution >= 0.6 is 0 Å². The van der Waals surface area contributed by atoms with Crippen LogP contribution in [0.15, 0.2) is 41.2 Å². The monoisotopic (exact) mass is 397 g/mol. The number of aromatic nitrogens is 2. The molecule has 0 saturated carbocycles. The molecular formula is C20H19N3O6. The van der Waals surface area contributed by atoms with Gasteiger partial charge in [-0.3, -0.25) is 9.59 Å². The Bertz CT molecular complexity index is 1160. The topological polar surface area (TPSA) is 145 Å². The molecule has 1 aliphatic heterocycles. The molecule has 3 aromatic rings. The van der Waals surface area contributed by atoms with Gasteiger partial charge in [0.2, 0.25) is 0 Å². The number of nitrogens with one attached hydrogen (secondary N) is 2. The third-order valence-corrected chi connectivity index (χ3v) is 4.85. The number of hydrogen-bond acceptors (Lipinski definition) is 7. The van der Waals surface area contributed by atoms with Crippen molar-refractivity contribution < 1.29 is 24.9 Å². The number of H-pyrrole nitrogens is 1. The molecule has 1 amide bonds. The molecule has 5 N–H and O–H groups in total. The summed E-state index contributed by atoms with van der Waals surface area (Å²) in [4.78, 5) is 24.1. The van der Waals surface area contributed by atoms with Crippen LogP contribution in [0.4, 0.5) is 0 Å². The number of hydrogen-bond donors (Lipinski definition) is 5. The molecule has 0 aliphatic carbocycles. The maximum absolute atomic E-state index is 12.1. The van der Waals surface area contributed by atoms with Crippen molar-refractivity contribution in [3.05, 3.63) is 52.3 Å². The van der Waals surface area contributed by atoms with E-state index < -0.39 is 24.2 Å². The zero-order valence-corrected chi connectivity index (χ0v) is 15.4. The lowest BCUT2D eigenvalue weighted by atomic mass is 9.99. The molecule has 1 aromatic heterocycles. The van der Waals surface area contributed by atoms with E-state index in [0.29, 0.717) is 39.1 Å². The van der Waals surface area contributed by atoms with Crippen LogP contribution in [0.3, 0.4) is 0 Å². The van der Waals surface area contributed by atoms with Gasteiger partial charge in [-0.05, 0) is 36.8 Å². The van der Waals surface area contributed by atoms with Crippen molar-refractivity contribution in [3.8, 4) is 22.8 Å². The Kier molecular flexibility index (Phi) is 4.79. The summed E-state index contributed by atoms with van der Waals surface area (Å²) in [6.45, 7) is 1.35. The third kappa shape index (κ3) is 3.35. The molecular weight excluding hydrogens is 378 g/mol. The van der Waals surface area contributed by atoms with Crippen molar-refractivity contribution in [2.24, 2.45) is 0 Å². The number of rotatable bonds is 5. The van der Waals surface area contributed by atoms with E-state index in [-0.39, 0.29) is 12.1 Å². The molecule has 0 saturated heterocycles. The van der Waals surface area contributed by atoms with E-state index in [9.17, 15) is 24.9 Å². The summed E-state index contributed by atoms with van der Waals surface area (Å²) in [5.74, 6) is 0.298. The maximum atomic E-state index is 12.1. The molecule has 2 aromatic carbocycles. The molecule has 1 aliphatic rings. The number of amides is 1. The highest BCUT2D eigenvalue weighted by Crippen LogP contribution is 2.44. The van der Waals surface area contributed by atoms with E-state index in [4.69, 9.17) is 4.74 Å². The minimum atomic E-state index is -1.75. The Hall–Kier alpha value is -3.27. The molecule has 150 valence electrons. The summed E-state index contributed by atoms with van der Waals surface area (Å²) in [6.07, 6.45) is -4.57. The second kappa shape index (κ2) is 7.28. The van der Waals surface area contributed by atoms with E-state index in [0.717, 1.165) is 0 Å². The highest BCUT2D eigenvalue weighted by atomic mass is 16.5. The van der Waals surface area contributed by atoms with Crippen LogP contribution in [0.1, 0.15) is 12.5 Å². The number of carbonyl (C=O) groups is 1. The first-order chi connectivity index (χ1) is 13.9. The standard InChI is InChI=1S/C20H19N3O6/c1-9(24)17(25)18(26)20(28)21-8-10-5-6-13-12(7-10)16-15-11(19(27)23-22-16)3-2-4-14(15)29-13/h2-7,9,17-18,24-26H,8H2,1H3,(H,21,28)(H,23,27). The van der Waals surface area contributed by atoms with Crippen LogP contribution in [0.2, 0.25) is 0 Å². The lowest BCUT2D eigenvalue weighted by Gasteiger charge is -2.21. The van der Waals surface area contributed by atoms with Crippen LogP contribution in [-0.4, -0.2) is 49.7 Å². The molecule has 4 rings (SSSR count). The summed E-state index contributed by atoms with van der Waals surface area (Å²) in [5.41, 5.74) is 1.60. The number of ether oxygens (including phenoxy) is 1. The van der Waals surface area contributed by atoms with Crippen LogP contribution in [0.25, 0.3) is 22.0 Å². The molecule has 3 atom stereocenters. The predicted octanol–water partition coefficient (Wildman–Crippen LogP) is 0.415. The quantitative estimate of drug-likeness (QED) is 0.328. The van der Waals surface area contributed by atoms with Gasteiger partial charge in [0, 0.05) is 12.1 Å². The van der Waals surface area contributed by atoms with Crippen LogP contribution in [0, 0.1) is 0 Å². The zero-order chi connectivity index (χ0) is 20.7. The largest absolute Gasteiger partial charge is 0.456 e. The first-order valence-corrected chi connectivity index (χ1v) is 9.01. The average Bonchev–Trinajstić information content (AvgIpc) is 2.72. The van der Waals surface area contributed by atoms with Gasteiger partial charge in [-0.2, -0.15) is 5.10 Å². The molecule has 9 heteroatoms. The zero-order valence-electron chi connectivity index (χ0n) is 15.4. The van der Waals surface area contributed by atoms with E-state index in [1.807, 2.05) is 0 Å². The Morgan fingerprint density at radius 1 is 1.21 bits per heavy atom. The number of benzene rings is 2. The van der Waals surface area contributed by atoms with Gasteiger partial charge in [0.25, 0.3) is 11.5 Å². The van der Waals surface area contributed by atoms with Crippen LogP contribution < -0.4 is 15.6 Å². The lowest BCUT2D eigenvalue weighted by Crippen LogP contribution is -2.46. The predicted molar refractivity (Wildman–Crippen MR) is 103 cm³/mol. The van der Waals surface area contributed by atoms with Gasteiger partial charge in [0.1, 0.15) is 23.3 Å². The highest BCUT2D eigenvalue weighted by molar-refractivity contribution is 6.01. The summed E-state index contributed by atoms with van der Waals surface area (Å²) >= 11 is 0. The van der Waals surface area contributed by atoms with Gasteiger partial charge >= 0.3 is 0 Å². The van der Waals surface area contributed by atoms with E-state index >= 15 is 0 Å². The molecule has 0 radical (unpaired) electrons. The smallest absolute Gasteiger partial charge is 0.272 e. The first kappa shape index (κ1) is 19.1. The molecule has 9 nitrogen and oxygen atoms in total. The summed E-state index contributed by atoms with van der Waals surface area (Å²) in [5, 5.41) is 38.9. The highest BCUT2D eigenvalue weighted by Gasteiger charge is 2.28. The van der Waals surface area contributed by atoms with Gasteiger partial charge < -0.3 is 25.4 Å². The summed E-state index contributed by atoms with van der Waals surface area (Å²) in [6, 6.07) is 10.4. The van der Waals surface area contributed by atoms with Crippen LogP contribution in [0.5, 0.6) is 11.5 Å². The summed E-state index contributed by atoms with van der Waals surface area (Å²) in [7, 11) is 0. The van der Waals surface area contributed by atoms with E-state index in [1.54, 1.807) is 36.4 Å². The summed E-state index contributed by atoms with van der Waals surface area (Å²) < 4.78 is 5.90. The second-order valence-electron chi connectivity index (χ2n) is 6.91. The van der Waals surface area contributed by atoms with Gasteiger partial charge in [0.15, 0.2) is 6.10 Å². The van der Waals surface area contributed by atoms with Crippen molar-refractivity contribution >= 4 is 16.7 Å². The number of nitrogens with zero attached hydrogens (tertiary/aromatic N) is 1. The fourth-order valence-corrected chi connectivity index (χ4v) is 3.26. The van der Waals surface area contributed by atoms with Crippen molar-refractivity contribution in [1.82, 2.24) is 15.5 Å². The fraction of sp³-hybridized carbons (Fsp3) is 0.250. The number of carbonyl (C=O) groups excluding carboxylic acids is 1. The third-order valence-electron chi connectivity index (χ3n) is 4.85. The SMILES string of the molecule is CC(O)C(O)C(O)C(=O)NCc1ccc2c(c1)-c1n[nH]c(=O)c3cccc(c13)O2. The molecule has 0 bridgehead atoms. The lowest BCUT2D eigenvalue weighted by molar-refractivity contribution is -0.140. The van der Waals surface area contributed by atoms with E-state index in [2.05, 4.69) is 15.5 Å². The Labute approximate surface area is 164 Å². The van der Waals surface area contributed by atoms with Crippen LogP contribution in [-0.2, 0) is 11.3 Å². The van der Waals surface area contributed by atoms with Gasteiger partial charge in [-0.15, -0.1) is 0 Å². The average molecular weight is 397 g/mol. The molecule has 29 heavy (non-hydrogen) atoms. The van der Waals surface area contributed by atoms with Crippen molar-refractivity contribution in [2.45, 2.75) is 31.8 Å². The Balaban J connectivity index is 1.62. The van der Waals surface area contributed by atoms with Crippen molar-refractivity contribution in [1.29, 1.82) is 0 Å². The van der Waals surface area contributed by atoms with Gasteiger partial charge in [0.05, 0.1) is 16.9 Å². The Morgan fingerprint density at radius 2 is 2.00 bits per heavy atom. The fourth-order valence-electron chi connectivity index (χ4n) is 3.26. The minimum Gasteiger partial charge on any atom is -0.456 e. The van der Waals surface area contributed by atoms with Gasteiger partial charge in [-0.1, -0.05) is 12.1 Å². The Morgan fingerprint density at radius 3 is 2.76 bits per heavy atom. The molecule has 2 heterocycles. The number of aliphatic hydroxyl groups excluding tert-OH is 3. The van der Waals surface area contributed by atoms with E-state index in [1.165, 1.54) is 6.92 Å². The van der Waals surface area contributed by atoms with Gasteiger partial charge in [-0.25, -0.2) is 5.10 Å². The number of fused-ring (bicyclic) bond motifs is 2. The molecule has 0 fully saturated rings. The molecule has 3 unspecified atom stereocenters. The number of aliphatic hydroxyl groups is 3. The maximum Gasteiger partial charge on any atom is 0.272 e. The van der Waals surface area contributed by atoms with Crippen molar-refractivity contribution in [3.63, 3.8) is 0 Å². The first-order valence-electron chi connectivity index (χ1n) is 9.01. The number of aromatic amines is 1. The van der Waals surface area contributed by atoms with Crippen molar-refractivity contribution in [2.75, 3.05) is 0 Å². The minimum absolute atomic E-state index is 0.0733. The normalized spacial score (nSPS) is 15.2.